The first-order valence-electron chi connectivity index (χ1n) is 2.23. The largest absolute Gasteiger partial charge is 1.00 e. The molecule has 0 fully saturated rings. The number of nitrogens with one attached hydrogen (secondary N) is 1. The second-order valence-electron chi connectivity index (χ2n) is 1.04. The van der Waals surface area contributed by atoms with Crippen molar-refractivity contribution in [2.75, 3.05) is 12.5 Å². The van der Waals surface area contributed by atoms with Gasteiger partial charge in [0.2, 0.25) is 6.41 Å². The Morgan fingerprint density at radius 1 is 1.42 bits per heavy atom. The number of rotatable bonds is 3. The van der Waals surface area contributed by atoms with Gasteiger partial charge in [-0.15, -0.1) is 0 Å². The second-order valence-corrected chi connectivity index (χ2v) is 4.90. The van der Waals surface area contributed by atoms with Crippen molar-refractivity contribution in [2.24, 2.45) is 0 Å². The molecule has 0 radical (unpaired) electrons. The summed E-state index contributed by atoms with van der Waals surface area (Å²) >= 11 is 0. The monoisotopic (exact) mass is 243 g/mol. The average Bonchev–Trinajstić information content (AvgIpc) is 1.86. The van der Waals surface area contributed by atoms with E-state index in [-0.39, 0.29) is 37.4 Å². The van der Waals surface area contributed by atoms with Crippen molar-refractivity contribution in [1.29, 1.82) is 0 Å². The summed E-state index contributed by atoms with van der Waals surface area (Å²) in [6, 6.07) is 0. The van der Waals surface area contributed by atoms with Gasteiger partial charge >= 0.3 is 39.9 Å². The van der Waals surface area contributed by atoms with Gasteiger partial charge in [0.1, 0.15) is 0 Å². The minimum atomic E-state index is -4.29. The van der Waals surface area contributed by atoms with Crippen LogP contribution in [0.5, 0.6) is 0 Å². The van der Waals surface area contributed by atoms with Crippen LogP contribution in [0.2, 0.25) is 0 Å². The van der Waals surface area contributed by atoms with Gasteiger partial charge in [0.05, 0.1) is 0 Å². The van der Waals surface area contributed by atoms with Gasteiger partial charge in [0.15, 0.2) is 0 Å². The summed E-state index contributed by atoms with van der Waals surface area (Å²) in [5.41, 5.74) is 0. The van der Waals surface area contributed by atoms with E-state index >= 15 is 0 Å². The van der Waals surface area contributed by atoms with Crippen molar-refractivity contribution in [1.82, 2.24) is 4.72 Å². The maximum absolute atomic E-state index is 9.44. The molecule has 0 atom stereocenters. The van der Waals surface area contributed by atoms with E-state index < -0.39 is 10.3 Å². The van der Waals surface area contributed by atoms with E-state index in [1.54, 1.807) is 21.6 Å². The predicted octanol–water partition coefficient (Wildman–Crippen LogP) is -2.72. The maximum atomic E-state index is 9.44. The van der Waals surface area contributed by atoms with Gasteiger partial charge < -0.3 is 1.43 Å². The average molecular weight is 243 g/mol. The van der Waals surface area contributed by atoms with Crippen LogP contribution in [0.4, 0.5) is 0 Å². The Kier molecular flexibility index (Phi) is 18.9. The molecule has 0 aromatic heterocycles. The zero-order chi connectivity index (χ0) is 9.33. The second kappa shape index (κ2) is 12.1. The fourth-order valence-corrected chi connectivity index (χ4v) is 0.182. The number of hydrogen-bond acceptors (Lipinski definition) is 5. The summed E-state index contributed by atoms with van der Waals surface area (Å²) in [5.74, 6) is 0. The molecule has 0 aliphatic carbocycles. The van der Waals surface area contributed by atoms with Gasteiger partial charge in [-0.2, -0.15) is 8.42 Å². The molecule has 0 aliphatic heterocycles. The van der Waals surface area contributed by atoms with Crippen molar-refractivity contribution in [3.63, 3.8) is 0 Å². The summed E-state index contributed by atoms with van der Waals surface area (Å²) < 4.78 is 27.7. The zero-order valence-electron chi connectivity index (χ0n) is 7.97. The molecule has 0 saturated carbocycles. The van der Waals surface area contributed by atoms with Crippen LogP contribution < -0.4 is 34.3 Å². The fraction of sp³-hybridized carbons (Fsp3) is 0.667. The van der Waals surface area contributed by atoms with E-state index in [0.717, 1.165) is 4.72 Å². The van der Waals surface area contributed by atoms with Crippen molar-refractivity contribution in [3.8, 4) is 0 Å². The van der Waals surface area contributed by atoms with Crippen molar-refractivity contribution in [2.45, 2.75) is 0 Å². The minimum Gasteiger partial charge on any atom is -1.00 e. The van der Waals surface area contributed by atoms with Gasteiger partial charge in [-0.3, -0.25) is 9.35 Å². The minimum absolute atomic E-state index is 0. The predicted molar refractivity (Wildman–Crippen MR) is 48.9 cm³/mol. The molecule has 0 saturated heterocycles. The normalized spacial score (nSPS) is 8.58. The van der Waals surface area contributed by atoms with Crippen LogP contribution in [0.3, 0.4) is 0 Å². The van der Waals surface area contributed by atoms with E-state index in [4.69, 9.17) is 4.55 Å². The molecule has 0 heterocycles. The third-order valence-electron chi connectivity index (χ3n) is 0.364. The Morgan fingerprint density at radius 2 is 1.75 bits per heavy atom. The first-order valence-corrected chi connectivity index (χ1v) is 6.63. The van der Waals surface area contributed by atoms with Crippen LogP contribution in [0.25, 0.3) is 0 Å². The SMILES string of the molecule is CSSC.O=CNS(=O)(=O)O.[H-].[Na+]. The smallest absolute Gasteiger partial charge is 1.00 e. The van der Waals surface area contributed by atoms with E-state index in [0.29, 0.717) is 0 Å². The summed E-state index contributed by atoms with van der Waals surface area (Å²) in [4.78, 5) is 9.17. The van der Waals surface area contributed by atoms with Gasteiger partial charge in [0, 0.05) is 0 Å². The molecule has 0 unspecified atom stereocenters. The van der Waals surface area contributed by atoms with E-state index in [2.05, 4.69) is 12.5 Å². The summed E-state index contributed by atoms with van der Waals surface area (Å²) in [7, 11) is -0.746. The third-order valence-corrected chi connectivity index (χ3v) is 2.09. The van der Waals surface area contributed by atoms with E-state index in [1.807, 2.05) is 0 Å². The number of hydrogen-bond donors (Lipinski definition) is 2. The molecular weight excluding hydrogens is 233 g/mol. The Hall–Kier alpha value is 1.08. The Labute approximate surface area is 103 Å². The topological polar surface area (TPSA) is 83.5 Å². The molecule has 0 bridgehead atoms. The summed E-state index contributed by atoms with van der Waals surface area (Å²) in [5, 5.41) is 0. The first-order chi connectivity index (χ1) is 4.97. The van der Waals surface area contributed by atoms with Crippen molar-refractivity contribution < 1.29 is 48.7 Å². The molecule has 0 aliphatic rings. The van der Waals surface area contributed by atoms with Crippen LogP contribution >= 0.6 is 21.6 Å². The Bertz CT molecular complexity index is 185. The van der Waals surface area contributed by atoms with Crippen molar-refractivity contribution >= 4 is 38.3 Å². The maximum Gasteiger partial charge on any atom is 1.00 e. The van der Waals surface area contributed by atoms with E-state index in [1.165, 1.54) is 0 Å². The number of amides is 1. The Balaban J connectivity index is -0.0000000600. The summed E-state index contributed by atoms with van der Waals surface area (Å²) in [6.07, 6.45) is 3.99. The van der Waals surface area contributed by atoms with Crippen LogP contribution in [0, 0.1) is 0 Å². The van der Waals surface area contributed by atoms with Crippen LogP contribution in [-0.4, -0.2) is 31.9 Å². The van der Waals surface area contributed by atoms with Crippen molar-refractivity contribution in [3.05, 3.63) is 0 Å². The van der Waals surface area contributed by atoms with Gasteiger partial charge in [-0.05, 0) is 12.5 Å². The molecule has 9 heteroatoms. The molecule has 0 aromatic carbocycles. The van der Waals surface area contributed by atoms with Gasteiger partial charge in [-0.1, -0.05) is 21.6 Å². The molecule has 1 amide bonds. The van der Waals surface area contributed by atoms with E-state index in [9.17, 15) is 13.2 Å². The quantitative estimate of drug-likeness (QED) is 0.242. The standard InChI is InChI=1S/C2H6S2.CH3NO4S.Na.H/c1-3-4-2;3-1-2-7(4,5)6;;/h1-2H3;1H,(H,2,3)(H,4,5,6);;/q;;+1;-1. The van der Waals surface area contributed by atoms with Crippen LogP contribution in [-0.2, 0) is 15.1 Å². The number of carbonyl (C=O) groups is 1. The number of carbonyl (C=O) groups excluding carboxylic acids is 1. The fourth-order valence-electron chi connectivity index (χ4n) is 0.0608. The summed E-state index contributed by atoms with van der Waals surface area (Å²) in [6.45, 7) is 0. The van der Waals surface area contributed by atoms with Crippen LogP contribution in [0.15, 0.2) is 0 Å². The van der Waals surface area contributed by atoms with Gasteiger partial charge in [0.25, 0.3) is 0 Å². The molecule has 0 spiro atoms. The Morgan fingerprint density at radius 3 is 1.75 bits per heavy atom. The van der Waals surface area contributed by atoms with Gasteiger partial charge in [-0.25, -0.2) is 4.72 Å². The third kappa shape index (κ3) is 30.5. The zero-order valence-corrected chi connectivity index (χ0v) is 11.4. The first kappa shape index (κ1) is 18.8. The van der Waals surface area contributed by atoms with Crippen LogP contribution in [0.1, 0.15) is 1.43 Å². The molecular formula is C3H10NNaO4S3. The molecule has 2 N–H and O–H groups in total. The molecule has 12 heavy (non-hydrogen) atoms. The molecule has 70 valence electrons. The molecule has 0 aromatic rings. The molecule has 5 nitrogen and oxygen atoms in total. The molecule has 0 rings (SSSR count).